The zero-order valence-electron chi connectivity index (χ0n) is 31.3. The molecule has 2 atom stereocenters. The Bertz CT molecular complexity index is 2440. The van der Waals surface area contributed by atoms with Crippen molar-refractivity contribution in [1.29, 1.82) is 0 Å². The molecule has 2 N–H and O–H groups in total. The fourth-order valence-electron chi connectivity index (χ4n) is 8.43. The lowest BCUT2D eigenvalue weighted by Gasteiger charge is -2.28. The summed E-state index contributed by atoms with van der Waals surface area (Å²) in [6, 6.07) is 13.9. The van der Waals surface area contributed by atoms with Gasteiger partial charge in [-0.05, 0) is 61.1 Å². The molecular formula is C40H40ClF3N8O4. The van der Waals surface area contributed by atoms with Crippen LogP contribution in [0.25, 0.3) is 33.2 Å². The second-order valence-corrected chi connectivity index (χ2v) is 15.0. The van der Waals surface area contributed by atoms with E-state index < -0.39 is 17.4 Å². The summed E-state index contributed by atoms with van der Waals surface area (Å²) in [7, 11) is 4.67. The van der Waals surface area contributed by atoms with Gasteiger partial charge in [0.05, 0.1) is 41.6 Å². The molecule has 16 heteroatoms. The third-order valence-electron chi connectivity index (χ3n) is 11.2. The zero-order chi connectivity index (χ0) is 39.5. The summed E-state index contributed by atoms with van der Waals surface area (Å²) < 4.78 is 53.8. The van der Waals surface area contributed by atoms with E-state index in [0.29, 0.717) is 58.7 Å². The molecule has 1 spiro atoms. The van der Waals surface area contributed by atoms with Gasteiger partial charge in [0, 0.05) is 74.1 Å². The highest BCUT2D eigenvalue weighted by Crippen LogP contribution is 2.47. The van der Waals surface area contributed by atoms with Gasteiger partial charge in [-0.1, -0.05) is 41.9 Å². The van der Waals surface area contributed by atoms with Gasteiger partial charge in [0.25, 0.3) is 5.56 Å². The van der Waals surface area contributed by atoms with Crippen molar-refractivity contribution in [1.82, 2.24) is 34.9 Å². The van der Waals surface area contributed by atoms with Crippen LogP contribution in [0.5, 0.6) is 5.88 Å². The number of nitrogens with zero attached hydrogens (tertiary/aromatic N) is 6. The molecule has 3 aromatic heterocycles. The van der Waals surface area contributed by atoms with Crippen molar-refractivity contribution in [2.45, 2.75) is 43.9 Å². The van der Waals surface area contributed by atoms with E-state index in [2.05, 4.69) is 31.7 Å². The first kappa shape index (κ1) is 37.7. The van der Waals surface area contributed by atoms with Gasteiger partial charge >= 0.3 is 12.2 Å². The van der Waals surface area contributed by atoms with Gasteiger partial charge in [0.1, 0.15) is 11.5 Å². The number of urea groups is 1. The van der Waals surface area contributed by atoms with Crippen molar-refractivity contribution in [3.63, 3.8) is 0 Å². The number of benzene rings is 2. The van der Waals surface area contributed by atoms with Crippen molar-refractivity contribution in [2.24, 2.45) is 7.05 Å². The van der Waals surface area contributed by atoms with Gasteiger partial charge in [0.15, 0.2) is 0 Å². The third kappa shape index (κ3) is 6.60. The highest BCUT2D eigenvalue weighted by atomic mass is 35.5. The molecule has 1 aliphatic carbocycles. The Labute approximate surface area is 325 Å². The van der Waals surface area contributed by atoms with Crippen molar-refractivity contribution in [3.05, 3.63) is 92.5 Å². The predicted octanol–water partition coefficient (Wildman–Crippen LogP) is 6.89. The number of ether oxygens (including phenoxy) is 2. The van der Waals surface area contributed by atoms with Crippen molar-refractivity contribution in [3.8, 4) is 28.3 Å². The minimum absolute atomic E-state index is 0.0154. The Kier molecular flexibility index (Phi) is 9.66. The number of amides is 2. The first-order chi connectivity index (χ1) is 26.8. The molecule has 0 unspecified atom stereocenters. The van der Waals surface area contributed by atoms with Crippen LogP contribution in [0.3, 0.4) is 0 Å². The number of nitrogens with one attached hydrogen (secondary N) is 2. The number of rotatable bonds is 9. The van der Waals surface area contributed by atoms with Crippen LogP contribution in [0, 0.1) is 6.92 Å². The van der Waals surface area contributed by atoms with E-state index in [0.717, 1.165) is 59.8 Å². The van der Waals surface area contributed by atoms with E-state index in [4.69, 9.17) is 26.1 Å². The summed E-state index contributed by atoms with van der Waals surface area (Å²) in [5.74, 6) is 0.302. The highest BCUT2D eigenvalue weighted by Gasteiger charge is 2.49. The second kappa shape index (κ2) is 14.4. The average Bonchev–Trinajstić information content (AvgIpc) is 3.88. The van der Waals surface area contributed by atoms with Gasteiger partial charge in [-0.2, -0.15) is 18.3 Å². The molecule has 0 bridgehead atoms. The number of pyridine rings is 2. The van der Waals surface area contributed by atoms with Crippen LogP contribution in [-0.2, 0) is 24.4 Å². The Hall–Kier alpha value is -5.25. The SMILES string of the molecule is COCCN1C[C@@]2(CCN([C@H]3CCc4cc(-c5cccc(-c6cccc(Nc7nc(C(F)(F)F)cc8cnn(C)c(=O)c78)c6C)c5Cl)nc(OC)c43)C2)NC1=O. The molecule has 56 heavy (non-hydrogen) atoms. The maximum absolute atomic E-state index is 13.9. The molecule has 8 rings (SSSR count). The summed E-state index contributed by atoms with van der Waals surface area (Å²) in [4.78, 5) is 38.9. The summed E-state index contributed by atoms with van der Waals surface area (Å²) in [5.41, 5.74) is 4.02. The number of carbonyl (C=O) groups is 1. The Balaban J connectivity index is 1.10. The van der Waals surface area contributed by atoms with Gasteiger partial charge in [0.2, 0.25) is 5.88 Å². The monoisotopic (exact) mass is 788 g/mol. The molecule has 2 aliphatic heterocycles. The summed E-state index contributed by atoms with van der Waals surface area (Å²) in [6.07, 6.45) is -0.970. The maximum atomic E-state index is 13.9. The smallest absolute Gasteiger partial charge is 0.433 e. The van der Waals surface area contributed by atoms with Gasteiger partial charge in [-0.15, -0.1) is 0 Å². The first-order valence-corrected chi connectivity index (χ1v) is 18.7. The fourth-order valence-corrected chi connectivity index (χ4v) is 8.75. The molecule has 2 aromatic carbocycles. The summed E-state index contributed by atoms with van der Waals surface area (Å²) >= 11 is 7.21. The normalized spacial score (nSPS) is 19.6. The van der Waals surface area contributed by atoms with E-state index in [1.807, 2.05) is 36.1 Å². The average molecular weight is 789 g/mol. The summed E-state index contributed by atoms with van der Waals surface area (Å²) in [5, 5.41) is 10.6. The zero-order valence-corrected chi connectivity index (χ0v) is 32.0. The predicted molar refractivity (Wildman–Crippen MR) is 206 cm³/mol. The van der Waals surface area contributed by atoms with Gasteiger partial charge in [-0.3, -0.25) is 9.69 Å². The standard InChI is InChI=1S/C40H40ClF3N8O4/c1-22-25(7-6-10-28(22)46-35-33-24(19-45-50(2)37(33)53)18-31(48-35)40(42,43)44)26-8-5-9-27(34(26)41)29-17-23-11-12-30(32(23)36(47-29)56-4)51-14-13-39(20-51)21-52(15-16-55-3)38(54)49-39/h5-10,17-19,30H,11-16,20-21H2,1-4H3,(H,46,48)(H,49,54)/t30-,39-/m0/s1. The molecule has 2 saturated heterocycles. The number of fused-ring (bicyclic) bond motifs is 2. The van der Waals surface area contributed by atoms with Gasteiger partial charge < -0.3 is 25.0 Å². The number of aryl methyl sites for hydroxylation is 2. The quantitative estimate of drug-likeness (QED) is 0.164. The molecular weight excluding hydrogens is 749 g/mol. The minimum atomic E-state index is -4.75. The lowest BCUT2D eigenvalue weighted by Crippen LogP contribution is -2.46. The van der Waals surface area contributed by atoms with Crippen LogP contribution < -0.4 is 20.9 Å². The van der Waals surface area contributed by atoms with E-state index in [-0.39, 0.29) is 34.2 Å². The minimum Gasteiger partial charge on any atom is -0.481 e. The van der Waals surface area contributed by atoms with E-state index in [1.165, 1.54) is 13.2 Å². The third-order valence-corrected chi connectivity index (χ3v) is 11.6. The molecule has 5 aromatic rings. The Morgan fingerprint density at radius 3 is 2.59 bits per heavy atom. The Morgan fingerprint density at radius 2 is 1.82 bits per heavy atom. The number of aromatic nitrogens is 4. The molecule has 3 aliphatic rings. The van der Waals surface area contributed by atoms with E-state index >= 15 is 0 Å². The van der Waals surface area contributed by atoms with Crippen LogP contribution in [0.1, 0.15) is 41.3 Å². The molecule has 2 fully saturated rings. The number of carbonyl (C=O) groups excluding carboxylic acids is 1. The van der Waals surface area contributed by atoms with E-state index in [1.54, 1.807) is 26.4 Å². The number of anilines is 2. The number of methoxy groups -OCH3 is 2. The number of alkyl halides is 3. The van der Waals surface area contributed by atoms with Crippen molar-refractivity contribution >= 4 is 39.9 Å². The highest BCUT2D eigenvalue weighted by molar-refractivity contribution is 6.36. The topological polar surface area (TPSA) is 127 Å². The number of hydrogen-bond acceptors (Lipinski definition) is 9. The largest absolute Gasteiger partial charge is 0.481 e. The van der Waals surface area contributed by atoms with Crippen LogP contribution in [0.4, 0.5) is 29.5 Å². The number of hydrogen-bond donors (Lipinski definition) is 2. The molecule has 0 saturated carbocycles. The molecule has 5 heterocycles. The summed E-state index contributed by atoms with van der Waals surface area (Å²) in [6.45, 7) is 5.07. The van der Waals surface area contributed by atoms with E-state index in [9.17, 15) is 22.8 Å². The van der Waals surface area contributed by atoms with Crippen molar-refractivity contribution < 1.29 is 27.4 Å². The Morgan fingerprint density at radius 1 is 1.05 bits per heavy atom. The number of likely N-dealkylation sites (tertiary alicyclic amines) is 1. The van der Waals surface area contributed by atoms with Gasteiger partial charge in [-0.25, -0.2) is 19.4 Å². The second-order valence-electron chi connectivity index (χ2n) is 14.7. The molecule has 0 radical (unpaired) electrons. The lowest BCUT2D eigenvalue weighted by molar-refractivity contribution is -0.141. The van der Waals surface area contributed by atoms with Crippen molar-refractivity contribution in [2.75, 3.05) is 52.3 Å². The first-order valence-electron chi connectivity index (χ1n) is 18.3. The van der Waals surface area contributed by atoms with Crippen LogP contribution in [0.2, 0.25) is 5.02 Å². The molecule has 292 valence electrons. The molecule has 2 amide bonds. The van der Waals surface area contributed by atoms with Crippen LogP contribution in [-0.4, -0.2) is 88.1 Å². The fraction of sp³-hybridized carbons (Fsp3) is 0.375. The maximum Gasteiger partial charge on any atom is 0.433 e. The number of halogens is 4. The lowest BCUT2D eigenvalue weighted by atomic mass is 9.96. The molecule has 12 nitrogen and oxygen atoms in total. The van der Waals surface area contributed by atoms with Crippen LogP contribution >= 0.6 is 11.6 Å². The van der Waals surface area contributed by atoms with Crippen LogP contribution in [0.15, 0.2) is 59.5 Å².